The van der Waals surface area contributed by atoms with Crippen molar-refractivity contribution in [1.29, 1.82) is 0 Å². The molecule has 0 spiro atoms. The van der Waals surface area contributed by atoms with Crippen molar-refractivity contribution in [3.8, 4) is 5.75 Å². The van der Waals surface area contributed by atoms with Gasteiger partial charge in [-0.25, -0.2) is 4.39 Å². The minimum absolute atomic E-state index is 0.110. The highest BCUT2D eigenvalue weighted by Crippen LogP contribution is 2.34. The molecule has 0 aliphatic carbocycles. The van der Waals surface area contributed by atoms with Gasteiger partial charge < -0.3 is 14.6 Å². The number of benzene rings is 1. The molecule has 0 bridgehead atoms. The molecule has 1 rings (SSSR count). The first kappa shape index (κ1) is 12.9. The SMILES string of the molecule is COCc1c(F)ccc(C(C)(C)O)c1OC. The van der Waals surface area contributed by atoms with Gasteiger partial charge in [-0.05, 0) is 26.0 Å². The first-order valence-corrected chi connectivity index (χ1v) is 4.99. The van der Waals surface area contributed by atoms with E-state index in [2.05, 4.69) is 0 Å². The zero-order valence-corrected chi connectivity index (χ0v) is 10.0. The fourth-order valence-electron chi connectivity index (χ4n) is 1.60. The summed E-state index contributed by atoms with van der Waals surface area (Å²) in [7, 11) is 2.93. The van der Waals surface area contributed by atoms with E-state index in [4.69, 9.17) is 9.47 Å². The minimum Gasteiger partial charge on any atom is -0.496 e. The van der Waals surface area contributed by atoms with Gasteiger partial charge in [0, 0.05) is 12.7 Å². The largest absolute Gasteiger partial charge is 0.496 e. The Balaban J connectivity index is 3.37. The van der Waals surface area contributed by atoms with Gasteiger partial charge in [-0.15, -0.1) is 0 Å². The number of hydrogen-bond acceptors (Lipinski definition) is 3. The molecule has 0 radical (unpaired) electrons. The molecule has 0 aliphatic heterocycles. The molecule has 0 aromatic heterocycles. The molecule has 0 amide bonds. The zero-order valence-electron chi connectivity index (χ0n) is 10.0. The Hall–Kier alpha value is -1.13. The summed E-state index contributed by atoms with van der Waals surface area (Å²) in [4.78, 5) is 0. The van der Waals surface area contributed by atoms with Gasteiger partial charge in [0.05, 0.1) is 24.9 Å². The highest BCUT2D eigenvalue weighted by Gasteiger charge is 2.24. The Bertz CT molecular complexity index is 369. The van der Waals surface area contributed by atoms with Crippen LogP contribution in [0.1, 0.15) is 25.0 Å². The maximum Gasteiger partial charge on any atom is 0.133 e. The average Bonchev–Trinajstić information content (AvgIpc) is 2.19. The van der Waals surface area contributed by atoms with Gasteiger partial charge in [0.1, 0.15) is 11.6 Å². The summed E-state index contributed by atoms with van der Waals surface area (Å²) in [5.74, 6) is -0.0546. The predicted octanol–water partition coefficient (Wildman–Crippen LogP) is 2.21. The second-order valence-electron chi connectivity index (χ2n) is 4.10. The van der Waals surface area contributed by atoms with Gasteiger partial charge in [-0.1, -0.05) is 0 Å². The molecule has 1 aromatic carbocycles. The molecule has 4 heteroatoms. The lowest BCUT2D eigenvalue weighted by Crippen LogP contribution is -2.18. The average molecular weight is 228 g/mol. The van der Waals surface area contributed by atoms with Crippen molar-refractivity contribution in [2.45, 2.75) is 26.1 Å². The number of aliphatic hydroxyl groups is 1. The maximum absolute atomic E-state index is 13.6. The highest BCUT2D eigenvalue weighted by atomic mass is 19.1. The summed E-state index contributed by atoms with van der Waals surface area (Å²) < 4.78 is 23.6. The van der Waals surface area contributed by atoms with Crippen molar-refractivity contribution in [3.63, 3.8) is 0 Å². The summed E-state index contributed by atoms with van der Waals surface area (Å²) in [6.45, 7) is 3.36. The summed E-state index contributed by atoms with van der Waals surface area (Å²) in [5.41, 5.74) is -0.213. The molecule has 0 atom stereocenters. The zero-order chi connectivity index (χ0) is 12.3. The number of halogens is 1. The van der Waals surface area contributed by atoms with E-state index in [1.54, 1.807) is 13.8 Å². The van der Waals surface area contributed by atoms with Crippen molar-refractivity contribution in [3.05, 3.63) is 29.1 Å². The van der Waals surface area contributed by atoms with Crippen molar-refractivity contribution in [2.75, 3.05) is 14.2 Å². The van der Waals surface area contributed by atoms with Gasteiger partial charge >= 0.3 is 0 Å². The van der Waals surface area contributed by atoms with Crippen LogP contribution in [0.25, 0.3) is 0 Å². The van der Waals surface area contributed by atoms with Crippen LogP contribution in [0.3, 0.4) is 0 Å². The smallest absolute Gasteiger partial charge is 0.133 e. The van der Waals surface area contributed by atoms with Gasteiger partial charge in [0.15, 0.2) is 0 Å². The molecule has 0 fully saturated rings. The van der Waals surface area contributed by atoms with E-state index in [1.807, 2.05) is 0 Å². The summed E-state index contributed by atoms with van der Waals surface area (Å²) in [5, 5.41) is 9.94. The van der Waals surface area contributed by atoms with E-state index in [0.717, 1.165) is 0 Å². The lowest BCUT2D eigenvalue weighted by atomic mass is 9.95. The van der Waals surface area contributed by atoms with Gasteiger partial charge in [-0.2, -0.15) is 0 Å². The van der Waals surface area contributed by atoms with E-state index in [0.29, 0.717) is 16.9 Å². The van der Waals surface area contributed by atoms with Gasteiger partial charge in [-0.3, -0.25) is 0 Å². The molecule has 1 N–H and O–H groups in total. The fourth-order valence-corrected chi connectivity index (χ4v) is 1.60. The molecular formula is C12H17FO3. The standard InChI is InChI=1S/C12H17FO3/c1-12(2,14)9-5-6-10(13)8(7-15-3)11(9)16-4/h5-6,14H,7H2,1-4H3. The Morgan fingerprint density at radius 3 is 2.38 bits per heavy atom. The van der Waals surface area contributed by atoms with Crippen LogP contribution in [0.15, 0.2) is 12.1 Å². The van der Waals surface area contributed by atoms with Gasteiger partial charge in [0.25, 0.3) is 0 Å². The molecule has 0 unspecified atom stereocenters. The van der Waals surface area contributed by atoms with E-state index >= 15 is 0 Å². The van der Waals surface area contributed by atoms with Gasteiger partial charge in [0.2, 0.25) is 0 Å². The van der Waals surface area contributed by atoms with Crippen molar-refractivity contribution in [2.24, 2.45) is 0 Å². The van der Waals surface area contributed by atoms with Crippen LogP contribution in [-0.4, -0.2) is 19.3 Å². The second-order valence-corrected chi connectivity index (χ2v) is 4.10. The summed E-state index contributed by atoms with van der Waals surface area (Å²) >= 11 is 0. The van der Waals surface area contributed by atoms with E-state index in [-0.39, 0.29) is 6.61 Å². The molecule has 3 nitrogen and oxygen atoms in total. The second kappa shape index (κ2) is 4.80. The van der Waals surface area contributed by atoms with Crippen LogP contribution in [0.5, 0.6) is 5.75 Å². The normalized spacial score (nSPS) is 11.6. The van der Waals surface area contributed by atoms with Crippen LogP contribution in [0, 0.1) is 5.82 Å². The molecule has 1 aromatic rings. The number of methoxy groups -OCH3 is 2. The van der Waals surface area contributed by atoms with Crippen molar-refractivity contribution >= 4 is 0 Å². The topological polar surface area (TPSA) is 38.7 Å². The van der Waals surface area contributed by atoms with Crippen LogP contribution < -0.4 is 4.74 Å². The minimum atomic E-state index is -1.08. The maximum atomic E-state index is 13.6. The Labute approximate surface area is 94.8 Å². The number of rotatable bonds is 4. The van der Waals surface area contributed by atoms with Crippen LogP contribution >= 0.6 is 0 Å². The fraction of sp³-hybridized carbons (Fsp3) is 0.500. The van der Waals surface area contributed by atoms with E-state index < -0.39 is 11.4 Å². The first-order chi connectivity index (χ1) is 7.41. The number of hydrogen-bond donors (Lipinski definition) is 1. The monoisotopic (exact) mass is 228 g/mol. The Morgan fingerprint density at radius 1 is 1.31 bits per heavy atom. The number of ether oxygens (including phenoxy) is 2. The Morgan fingerprint density at radius 2 is 1.94 bits per heavy atom. The van der Waals surface area contributed by atoms with E-state index in [9.17, 15) is 9.50 Å². The first-order valence-electron chi connectivity index (χ1n) is 4.99. The third-order valence-electron chi connectivity index (χ3n) is 2.36. The summed E-state index contributed by atoms with van der Waals surface area (Å²) in [6.07, 6.45) is 0. The van der Waals surface area contributed by atoms with Crippen LogP contribution in [0.4, 0.5) is 4.39 Å². The quantitative estimate of drug-likeness (QED) is 0.858. The lowest BCUT2D eigenvalue weighted by Gasteiger charge is -2.23. The van der Waals surface area contributed by atoms with Crippen molar-refractivity contribution in [1.82, 2.24) is 0 Å². The molecule has 0 saturated heterocycles. The Kier molecular flexibility index (Phi) is 3.88. The molecule has 0 saturated carbocycles. The predicted molar refractivity (Wildman–Crippen MR) is 58.9 cm³/mol. The molecule has 90 valence electrons. The summed E-state index contributed by atoms with van der Waals surface area (Å²) in [6, 6.07) is 2.83. The van der Waals surface area contributed by atoms with Crippen LogP contribution in [0.2, 0.25) is 0 Å². The van der Waals surface area contributed by atoms with E-state index in [1.165, 1.54) is 26.4 Å². The molecule has 0 aliphatic rings. The van der Waals surface area contributed by atoms with Crippen molar-refractivity contribution < 1.29 is 19.0 Å². The third kappa shape index (κ3) is 2.51. The molecular weight excluding hydrogens is 211 g/mol. The molecule has 0 heterocycles. The molecule has 16 heavy (non-hydrogen) atoms. The highest BCUT2D eigenvalue weighted by molar-refractivity contribution is 5.44. The lowest BCUT2D eigenvalue weighted by molar-refractivity contribution is 0.0748. The van der Waals surface area contributed by atoms with Crippen LogP contribution in [-0.2, 0) is 16.9 Å². The third-order valence-corrected chi connectivity index (χ3v) is 2.36.